The second-order valence-corrected chi connectivity index (χ2v) is 7.86. The van der Waals surface area contributed by atoms with Crippen LogP contribution in [-0.2, 0) is 4.79 Å². The zero-order valence-electron chi connectivity index (χ0n) is 17.0. The predicted molar refractivity (Wildman–Crippen MR) is 104 cm³/mol. The number of nitrogens with one attached hydrogen (secondary N) is 2. The average molecular weight is 406 g/mol. The van der Waals surface area contributed by atoms with E-state index in [2.05, 4.69) is 15.6 Å². The molecule has 2 rings (SSSR count). The molecule has 0 aromatic rings. The molecular weight excluding hydrogens is 371 g/mol. The van der Waals surface area contributed by atoms with Gasteiger partial charge in [0, 0.05) is 38.1 Å². The molecule has 0 bridgehead atoms. The van der Waals surface area contributed by atoms with Gasteiger partial charge in [0.05, 0.1) is 6.54 Å². The number of likely N-dealkylation sites (tertiary alicyclic amines) is 1. The molecule has 0 radical (unpaired) electrons. The largest absolute Gasteiger partial charge is 0.401 e. The highest BCUT2D eigenvalue weighted by atomic mass is 19.4. The van der Waals surface area contributed by atoms with Gasteiger partial charge < -0.3 is 15.5 Å². The normalized spacial score (nSPS) is 21.6. The summed E-state index contributed by atoms with van der Waals surface area (Å²) in [6.07, 6.45) is 1.61. The van der Waals surface area contributed by atoms with Gasteiger partial charge in [-0.2, -0.15) is 13.2 Å². The third kappa shape index (κ3) is 7.85. The van der Waals surface area contributed by atoms with E-state index in [0.717, 1.165) is 38.6 Å². The van der Waals surface area contributed by atoms with Crippen LogP contribution >= 0.6 is 0 Å². The van der Waals surface area contributed by atoms with E-state index in [9.17, 15) is 18.0 Å². The van der Waals surface area contributed by atoms with E-state index in [1.54, 1.807) is 0 Å². The minimum Gasteiger partial charge on any atom is -0.357 e. The fourth-order valence-corrected chi connectivity index (χ4v) is 3.94. The van der Waals surface area contributed by atoms with Gasteiger partial charge in [0.15, 0.2) is 5.96 Å². The van der Waals surface area contributed by atoms with Crippen LogP contribution in [0, 0.1) is 5.92 Å². The number of halogens is 3. The Labute approximate surface area is 165 Å². The lowest BCUT2D eigenvalue weighted by atomic mass is 10.1. The van der Waals surface area contributed by atoms with Crippen molar-refractivity contribution in [3.63, 3.8) is 0 Å². The van der Waals surface area contributed by atoms with Crippen LogP contribution in [0.5, 0.6) is 0 Å². The molecule has 1 amide bonds. The van der Waals surface area contributed by atoms with Gasteiger partial charge in [0.25, 0.3) is 0 Å². The molecule has 1 aliphatic carbocycles. The zero-order valence-corrected chi connectivity index (χ0v) is 17.0. The summed E-state index contributed by atoms with van der Waals surface area (Å²) in [5, 5.41) is 6.55. The van der Waals surface area contributed by atoms with Gasteiger partial charge in [0.1, 0.15) is 0 Å². The van der Waals surface area contributed by atoms with Crippen LogP contribution in [0.2, 0.25) is 0 Å². The topological polar surface area (TPSA) is 60.0 Å². The fourth-order valence-electron chi connectivity index (χ4n) is 3.94. The number of carbonyl (C=O) groups excluding carboxylic acids is 1. The van der Waals surface area contributed by atoms with Crippen molar-refractivity contribution in [2.24, 2.45) is 10.9 Å². The molecule has 1 heterocycles. The Balaban J connectivity index is 1.74. The lowest BCUT2D eigenvalue weighted by Gasteiger charge is -2.21. The highest BCUT2D eigenvalue weighted by Crippen LogP contribution is 2.27. The number of guanidine groups is 1. The van der Waals surface area contributed by atoms with E-state index < -0.39 is 12.7 Å². The van der Waals surface area contributed by atoms with Crippen LogP contribution in [0.1, 0.15) is 45.4 Å². The molecule has 2 N–H and O–H groups in total. The first kappa shape index (κ1) is 22.8. The molecule has 28 heavy (non-hydrogen) atoms. The maximum atomic E-state index is 12.5. The Morgan fingerprint density at radius 3 is 2.61 bits per heavy atom. The zero-order chi connectivity index (χ0) is 20.6. The molecular formula is C19H34F3N5O. The molecule has 2 fully saturated rings. The van der Waals surface area contributed by atoms with E-state index in [4.69, 9.17) is 0 Å². The van der Waals surface area contributed by atoms with Crippen molar-refractivity contribution < 1.29 is 18.0 Å². The van der Waals surface area contributed by atoms with E-state index in [-0.39, 0.29) is 17.9 Å². The molecule has 2 aliphatic rings. The molecule has 0 aromatic carbocycles. The summed E-state index contributed by atoms with van der Waals surface area (Å²) in [5.41, 5.74) is 0. The van der Waals surface area contributed by atoms with Crippen molar-refractivity contribution in [2.75, 3.05) is 46.3 Å². The molecule has 162 valence electrons. The van der Waals surface area contributed by atoms with Gasteiger partial charge in [-0.3, -0.25) is 14.7 Å². The smallest absolute Gasteiger partial charge is 0.357 e. The number of carbonyl (C=O) groups is 1. The lowest BCUT2D eigenvalue weighted by molar-refractivity contribution is -0.143. The summed E-state index contributed by atoms with van der Waals surface area (Å²) < 4.78 is 37.0. The third-order valence-corrected chi connectivity index (χ3v) is 5.31. The van der Waals surface area contributed by atoms with E-state index in [1.165, 1.54) is 11.9 Å². The number of alkyl halides is 3. The SMILES string of the molecule is CCNC(=NCCCN(C)CC(F)(F)F)NC1CCN(C(=O)C2CCCC2)C1. The first-order valence-electron chi connectivity index (χ1n) is 10.4. The number of amides is 1. The number of nitrogens with zero attached hydrogens (tertiary/aromatic N) is 3. The molecule has 9 heteroatoms. The first-order valence-corrected chi connectivity index (χ1v) is 10.4. The van der Waals surface area contributed by atoms with Gasteiger partial charge in [-0.05, 0) is 46.2 Å². The summed E-state index contributed by atoms with van der Waals surface area (Å²) in [5.74, 6) is 1.16. The molecule has 1 atom stereocenters. The van der Waals surface area contributed by atoms with Crippen LogP contribution in [0.25, 0.3) is 0 Å². The first-order chi connectivity index (χ1) is 13.3. The number of hydrogen-bond acceptors (Lipinski definition) is 3. The predicted octanol–water partition coefficient (Wildman–Crippen LogP) is 2.22. The monoisotopic (exact) mass is 405 g/mol. The van der Waals surface area contributed by atoms with Gasteiger partial charge in [-0.15, -0.1) is 0 Å². The summed E-state index contributed by atoms with van der Waals surface area (Å²) in [6, 6.07) is 0.163. The maximum Gasteiger partial charge on any atom is 0.401 e. The number of hydrogen-bond donors (Lipinski definition) is 2. The quantitative estimate of drug-likeness (QED) is 0.369. The molecule has 0 aromatic heterocycles. The maximum absolute atomic E-state index is 12.5. The lowest BCUT2D eigenvalue weighted by Crippen LogP contribution is -2.45. The minimum absolute atomic E-state index is 0.163. The van der Waals surface area contributed by atoms with Crippen molar-refractivity contribution in [3.8, 4) is 0 Å². The second kappa shape index (κ2) is 10.9. The second-order valence-electron chi connectivity index (χ2n) is 7.86. The van der Waals surface area contributed by atoms with E-state index in [0.29, 0.717) is 38.6 Å². The Hall–Kier alpha value is -1.51. The molecule has 1 saturated carbocycles. The van der Waals surface area contributed by atoms with Crippen LogP contribution < -0.4 is 10.6 Å². The van der Waals surface area contributed by atoms with Crippen molar-refractivity contribution in [2.45, 2.75) is 57.7 Å². The fraction of sp³-hybridized carbons (Fsp3) is 0.895. The van der Waals surface area contributed by atoms with Gasteiger partial charge >= 0.3 is 6.18 Å². The number of rotatable bonds is 8. The van der Waals surface area contributed by atoms with Crippen molar-refractivity contribution in [3.05, 3.63) is 0 Å². The Bertz CT molecular complexity index is 520. The van der Waals surface area contributed by atoms with Gasteiger partial charge in [-0.1, -0.05) is 12.8 Å². The Morgan fingerprint density at radius 1 is 1.25 bits per heavy atom. The minimum atomic E-state index is -4.17. The highest BCUT2D eigenvalue weighted by Gasteiger charge is 2.32. The average Bonchev–Trinajstić information content (AvgIpc) is 3.28. The summed E-state index contributed by atoms with van der Waals surface area (Å²) in [4.78, 5) is 20.2. The van der Waals surface area contributed by atoms with Gasteiger partial charge in [-0.25, -0.2) is 0 Å². The molecule has 6 nitrogen and oxygen atoms in total. The summed E-state index contributed by atoms with van der Waals surface area (Å²) in [6.45, 7) is 4.03. The molecule has 1 saturated heterocycles. The van der Waals surface area contributed by atoms with E-state index in [1.807, 2.05) is 11.8 Å². The van der Waals surface area contributed by atoms with Crippen molar-refractivity contribution >= 4 is 11.9 Å². The van der Waals surface area contributed by atoms with Crippen LogP contribution in [-0.4, -0.2) is 80.2 Å². The van der Waals surface area contributed by atoms with Crippen LogP contribution in [0.3, 0.4) is 0 Å². The molecule has 1 unspecified atom stereocenters. The van der Waals surface area contributed by atoms with E-state index >= 15 is 0 Å². The van der Waals surface area contributed by atoms with Crippen LogP contribution in [0.4, 0.5) is 13.2 Å². The third-order valence-electron chi connectivity index (χ3n) is 5.31. The van der Waals surface area contributed by atoms with Gasteiger partial charge in [0.2, 0.25) is 5.91 Å². The van der Waals surface area contributed by atoms with Crippen molar-refractivity contribution in [1.82, 2.24) is 20.4 Å². The highest BCUT2D eigenvalue weighted by molar-refractivity contribution is 5.81. The Morgan fingerprint density at radius 2 is 1.96 bits per heavy atom. The summed E-state index contributed by atoms with van der Waals surface area (Å²) >= 11 is 0. The summed E-state index contributed by atoms with van der Waals surface area (Å²) in [7, 11) is 1.47. The number of aliphatic imine (C=N–C) groups is 1. The standard InChI is InChI=1S/C19H34F3N5O/c1-3-23-18(24-10-6-11-26(2)14-19(20,21)22)25-16-9-12-27(13-16)17(28)15-7-4-5-8-15/h15-16H,3-14H2,1-2H3,(H2,23,24,25). The van der Waals surface area contributed by atoms with Crippen LogP contribution in [0.15, 0.2) is 4.99 Å². The molecule has 1 aliphatic heterocycles. The van der Waals surface area contributed by atoms with Crippen molar-refractivity contribution in [1.29, 1.82) is 0 Å². The molecule has 0 spiro atoms. The Kier molecular flexibility index (Phi) is 8.85.